The lowest BCUT2D eigenvalue weighted by Gasteiger charge is -2.17. The van der Waals surface area contributed by atoms with E-state index in [0.29, 0.717) is 35.2 Å². The molecule has 1 N–H and O–H groups in total. The summed E-state index contributed by atoms with van der Waals surface area (Å²) < 4.78 is 7.17. The lowest BCUT2D eigenvalue weighted by molar-refractivity contribution is 0.0796. The fourth-order valence-corrected chi connectivity index (χ4v) is 3.94. The number of methoxy groups -OCH3 is 1. The van der Waals surface area contributed by atoms with Crippen LogP contribution in [0.15, 0.2) is 71.7 Å². The number of ether oxygens (including phenoxy) is 1. The average Bonchev–Trinajstić information content (AvgIpc) is 2.85. The molecule has 1 amide bonds. The van der Waals surface area contributed by atoms with E-state index in [1.54, 1.807) is 43.5 Å². The van der Waals surface area contributed by atoms with Crippen molar-refractivity contribution < 1.29 is 9.53 Å². The molecule has 2 aromatic carbocycles. The van der Waals surface area contributed by atoms with Crippen LogP contribution in [-0.2, 0) is 13.0 Å². The Hall–Kier alpha value is -3.78. The molecule has 2 heterocycles. The first-order valence-electron chi connectivity index (χ1n) is 10.5. The zero-order valence-corrected chi connectivity index (χ0v) is 19.3. The molecule has 0 unspecified atom stereocenters. The lowest BCUT2D eigenvalue weighted by Crippen LogP contribution is -2.29. The highest BCUT2D eigenvalue weighted by atomic mass is 32.1. The Kier molecular flexibility index (Phi) is 6.65. The number of amides is 1. The molecule has 0 saturated carbocycles. The summed E-state index contributed by atoms with van der Waals surface area (Å²) in [5.41, 5.74) is 2.57. The van der Waals surface area contributed by atoms with Crippen LogP contribution in [-0.4, -0.2) is 46.0 Å². The van der Waals surface area contributed by atoms with E-state index in [-0.39, 0.29) is 22.8 Å². The number of para-hydroxylation sites is 1. The molecule has 0 aliphatic carbocycles. The van der Waals surface area contributed by atoms with Crippen molar-refractivity contribution in [1.29, 1.82) is 0 Å². The number of fused-ring (bicyclic) bond motifs is 1. The summed E-state index contributed by atoms with van der Waals surface area (Å²) in [6, 6.07) is 18.2. The Labute approximate surface area is 196 Å². The third-order valence-electron chi connectivity index (χ3n) is 5.53. The largest absolute Gasteiger partial charge is 0.496 e. The van der Waals surface area contributed by atoms with E-state index in [1.165, 1.54) is 4.57 Å². The number of nitrogens with zero attached hydrogens (tertiary/aromatic N) is 3. The number of carbonyl (C=O) groups is 1. The van der Waals surface area contributed by atoms with E-state index >= 15 is 0 Å². The first-order valence-corrected chi connectivity index (χ1v) is 10.9. The number of hydrogen-bond donors (Lipinski definition) is 1. The molecule has 33 heavy (non-hydrogen) atoms. The van der Waals surface area contributed by atoms with Crippen LogP contribution in [0.2, 0.25) is 0 Å². The SMILES string of the molecule is COc1ccccc1Cn1c(=S)[nH]c2cc(C(=O)N(C)CCc3ccccn3)ccc2c1=O. The van der Waals surface area contributed by atoms with Gasteiger partial charge in [-0.1, -0.05) is 24.3 Å². The molecule has 4 rings (SSSR count). The van der Waals surface area contributed by atoms with E-state index < -0.39 is 0 Å². The first kappa shape index (κ1) is 22.4. The summed E-state index contributed by atoms with van der Waals surface area (Å²) in [6.07, 6.45) is 2.40. The van der Waals surface area contributed by atoms with Crippen molar-refractivity contribution >= 4 is 29.0 Å². The highest BCUT2D eigenvalue weighted by Crippen LogP contribution is 2.19. The Morgan fingerprint density at radius 2 is 1.94 bits per heavy atom. The second-order valence-corrected chi connectivity index (χ2v) is 8.08. The number of aromatic nitrogens is 3. The number of nitrogens with one attached hydrogen (secondary N) is 1. The van der Waals surface area contributed by atoms with Gasteiger partial charge in [0, 0.05) is 43.0 Å². The molecule has 0 aliphatic heterocycles. The van der Waals surface area contributed by atoms with Crippen LogP contribution in [0.4, 0.5) is 0 Å². The van der Waals surface area contributed by atoms with Crippen LogP contribution in [0.5, 0.6) is 5.75 Å². The van der Waals surface area contributed by atoms with Crippen LogP contribution in [0.25, 0.3) is 10.9 Å². The van der Waals surface area contributed by atoms with Gasteiger partial charge in [-0.2, -0.15) is 0 Å². The predicted octanol–water partition coefficient (Wildman–Crippen LogP) is 3.83. The highest BCUT2D eigenvalue weighted by molar-refractivity contribution is 7.71. The monoisotopic (exact) mass is 460 g/mol. The molecule has 0 atom stereocenters. The molecule has 0 bridgehead atoms. The van der Waals surface area contributed by atoms with Crippen LogP contribution in [0.3, 0.4) is 0 Å². The molecule has 4 aromatic rings. The van der Waals surface area contributed by atoms with Crippen molar-refractivity contribution in [2.24, 2.45) is 0 Å². The van der Waals surface area contributed by atoms with Gasteiger partial charge < -0.3 is 14.6 Å². The van der Waals surface area contributed by atoms with Gasteiger partial charge in [-0.15, -0.1) is 0 Å². The van der Waals surface area contributed by atoms with Crippen molar-refractivity contribution in [2.75, 3.05) is 20.7 Å². The molecule has 0 saturated heterocycles. The van der Waals surface area contributed by atoms with E-state index in [4.69, 9.17) is 17.0 Å². The number of benzene rings is 2. The van der Waals surface area contributed by atoms with Crippen molar-refractivity contribution in [3.8, 4) is 5.75 Å². The first-order chi connectivity index (χ1) is 16.0. The van der Waals surface area contributed by atoms with E-state index in [2.05, 4.69) is 9.97 Å². The van der Waals surface area contributed by atoms with E-state index in [9.17, 15) is 9.59 Å². The Bertz CT molecular complexity index is 1410. The Balaban J connectivity index is 1.59. The molecule has 168 valence electrons. The maximum atomic E-state index is 13.2. The number of aromatic amines is 1. The fraction of sp³-hybridized carbons (Fsp3) is 0.200. The highest BCUT2D eigenvalue weighted by Gasteiger charge is 2.15. The number of likely N-dealkylation sites (N-methyl/N-ethyl adjacent to an activating group) is 1. The van der Waals surface area contributed by atoms with Crippen LogP contribution >= 0.6 is 12.2 Å². The van der Waals surface area contributed by atoms with Crippen molar-refractivity contribution in [2.45, 2.75) is 13.0 Å². The van der Waals surface area contributed by atoms with Gasteiger partial charge >= 0.3 is 0 Å². The molecule has 2 aromatic heterocycles. The van der Waals surface area contributed by atoms with E-state index in [1.807, 2.05) is 42.5 Å². The molecule has 8 heteroatoms. The maximum absolute atomic E-state index is 13.2. The number of carbonyl (C=O) groups excluding carboxylic acids is 1. The topological polar surface area (TPSA) is 80.2 Å². The maximum Gasteiger partial charge on any atom is 0.262 e. The molecule has 7 nitrogen and oxygen atoms in total. The zero-order valence-electron chi connectivity index (χ0n) is 18.4. The molecule has 0 radical (unpaired) electrons. The number of rotatable bonds is 7. The van der Waals surface area contributed by atoms with Gasteiger partial charge in [-0.3, -0.25) is 19.1 Å². The summed E-state index contributed by atoms with van der Waals surface area (Å²) >= 11 is 5.47. The Morgan fingerprint density at radius 3 is 2.70 bits per heavy atom. The average molecular weight is 461 g/mol. The second kappa shape index (κ2) is 9.79. The fourth-order valence-electron chi connectivity index (χ4n) is 3.69. The predicted molar refractivity (Wildman–Crippen MR) is 130 cm³/mol. The van der Waals surface area contributed by atoms with Crippen LogP contribution in [0.1, 0.15) is 21.6 Å². The second-order valence-electron chi connectivity index (χ2n) is 7.69. The minimum absolute atomic E-state index is 0.134. The quantitative estimate of drug-likeness (QED) is 0.424. The van der Waals surface area contributed by atoms with Gasteiger partial charge in [0.1, 0.15) is 5.75 Å². The van der Waals surface area contributed by atoms with Gasteiger partial charge in [0.25, 0.3) is 11.5 Å². The van der Waals surface area contributed by atoms with E-state index in [0.717, 1.165) is 11.3 Å². The third-order valence-corrected chi connectivity index (χ3v) is 5.85. The standard InChI is InChI=1S/C25H24N4O3S/c1-28(14-12-19-8-5-6-13-26-19)23(30)17-10-11-20-21(15-17)27-25(33)29(24(20)31)16-18-7-3-4-9-22(18)32-2/h3-11,13,15H,12,14,16H2,1-2H3,(H,27,33). The summed E-state index contributed by atoms with van der Waals surface area (Å²) in [7, 11) is 3.34. The summed E-state index contributed by atoms with van der Waals surface area (Å²) in [6.45, 7) is 0.815. The molecule has 0 fully saturated rings. The molecule has 0 aliphatic rings. The molecule has 0 spiro atoms. The minimum Gasteiger partial charge on any atom is -0.496 e. The smallest absolute Gasteiger partial charge is 0.262 e. The third kappa shape index (κ3) is 4.85. The van der Waals surface area contributed by atoms with Crippen LogP contribution < -0.4 is 10.3 Å². The lowest BCUT2D eigenvalue weighted by atomic mass is 10.1. The Morgan fingerprint density at radius 1 is 1.15 bits per heavy atom. The van der Waals surface area contributed by atoms with Crippen molar-refractivity contribution in [3.05, 3.63) is 98.8 Å². The molecular formula is C25H24N4O3S. The summed E-state index contributed by atoms with van der Waals surface area (Å²) in [5.74, 6) is 0.555. The van der Waals surface area contributed by atoms with Gasteiger partial charge in [0.2, 0.25) is 0 Å². The van der Waals surface area contributed by atoms with Crippen molar-refractivity contribution in [1.82, 2.24) is 19.4 Å². The number of pyridine rings is 1. The number of hydrogen-bond acceptors (Lipinski definition) is 5. The van der Waals surface area contributed by atoms with Crippen molar-refractivity contribution in [3.63, 3.8) is 0 Å². The van der Waals surface area contributed by atoms with Gasteiger partial charge in [-0.05, 0) is 48.6 Å². The van der Waals surface area contributed by atoms with Crippen LogP contribution in [0, 0.1) is 4.77 Å². The molecular weight excluding hydrogens is 436 g/mol. The van der Waals surface area contributed by atoms with Gasteiger partial charge in [-0.25, -0.2) is 0 Å². The normalized spacial score (nSPS) is 10.8. The van der Waals surface area contributed by atoms with Gasteiger partial charge in [0.15, 0.2) is 4.77 Å². The minimum atomic E-state index is -0.220. The summed E-state index contributed by atoms with van der Waals surface area (Å²) in [4.78, 5) is 35.1. The number of H-pyrrole nitrogens is 1. The summed E-state index contributed by atoms with van der Waals surface area (Å²) in [5, 5.41) is 0.464. The zero-order chi connectivity index (χ0) is 23.4. The van der Waals surface area contributed by atoms with Gasteiger partial charge in [0.05, 0.1) is 24.6 Å².